The van der Waals surface area contributed by atoms with Crippen molar-refractivity contribution < 1.29 is 23.9 Å². The van der Waals surface area contributed by atoms with Gasteiger partial charge in [0.1, 0.15) is 23.8 Å². The number of nitrogens with zero attached hydrogens (tertiary/aromatic N) is 2. The second kappa shape index (κ2) is 10.1. The lowest BCUT2D eigenvalue weighted by Gasteiger charge is -2.33. The van der Waals surface area contributed by atoms with Gasteiger partial charge in [-0.15, -0.1) is 0 Å². The number of nitrogens with one attached hydrogen (secondary N) is 3. The number of fused-ring (bicyclic) bond motifs is 2. The molecule has 1 atom stereocenters. The number of pyridine rings is 1. The molecule has 4 heterocycles. The molecule has 0 radical (unpaired) electrons. The van der Waals surface area contributed by atoms with Crippen molar-refractivity contribution in [2.24, 2.45) is 17.6 Å². The van der Waals surface area contributed by atoms with E-state index in [1.165, 1.54) is 6.26 Å². The highest BCUT2D eigenvalue weighted by atomic mass is 16.5. The van der Waals surface area contributed by atoms with Gasteiger partial charge in [-0.2, -0.15) is 0 Å². The van der Waals surface area contributed by atoms with E-state index in [9.17, 15) is 14.4 Å². The van der Waals surface area contributed by atoms with Crippen molar-refractivity contribution in [1.29, 1.82) is 0 Å². The molecular formula is C25H34N6O5. The summed E-state index contributed by atoms with van der Waals surface area (Å²) < 4.78 is 10.7. The van der Waals surface area contributed by atoms with Crippen LogP contribution in [-0.2, 0) is 29.3 Å². The van der Waals surface area contributed by atoms with E-state index in [1.807, 2.05) is 0 Å². The molecule has 1 saturated heterocycles. The normalized spacial score (nSPS) is 25.4. The lowest BCUT2D eigenvalue weighted by Crippen LogP contribution is -2.51. The van der Waals surface area contributed by atoms with E-state index in [0.717, 1.165) is 31.2 Å². The molecular weight excluding hydrogens is 464 g/mol. The maximum atomic E-state index is 13.5. The molecule has 4 aliphatic rings. The Morgan fingerprint density at radius 1 is 1.28 bits per heavy atom. The molecule has 1 aromatic rings. The molecule has 3 aliphatic heterocycles. The number of carbonyl (C=O) groups is 3. The standard InChI is InChI=1S/C25H34N6O5/c1-15-2-4-16(5-3-15)21(30-22(32)19-12-36-14-31(19)13-26)23(33)29-20-10-18-17(11-27-20)25(24(34)28-18)6-8-35-9-7-25/h10-12,15-16,21H,2-9,13-14,26H2,1H3,(H,28,34)(H,30,32)(H,27,29,33)/t15?,16?,21-/m0/s1. The molecule has 11 heteroatoms. The Morgan fingerprint density at radius 2 is 2.03 bits per heavy atom. The first-order valence-corrected chi connectivity index (χ1v) is 12.7. The highest BCUT2D eigenvalue weighted by Gasteiger charge is 2.48. The molecule has 1 aliphatic carbocycles. The zero-order valence-corrected chi connectivity index (χ0v) is 20.5. The van der Waals surface area contributed by atoms with Crippen LogP contribution in [0.4, 0.5) is 11.5 Å². The third-order valence-corrected chi connectivity index (χ3v) is 8.02. The molecule has 194 valence electrons. The fraction of sp³-hybridized carbons (Fsp3) is 0.600. The Hall–Kier alpha value is -3.18. The van der Waals surface area contributed by atoms with E-state index in [2.05, 4.69) is 27.9 Å². The minimum atomic E-state index is -0.738. The monoisotopic (exact) mass is 498 g/mol. The summed E-state index contributed by atoms with van der Waals surface area (Å²) in [6.45, 7) is 3.59. The molecule has 5 rings (SSSR count). The summed E-state index contributed by atoms with van der Waals surface area (Å²) in [6, 6.07) is 0.957. The average molecular weight is 499 g/mol. The van der Waals surface area contributed by atoms with Crippen molar-refractivity contribution in [1.82, 2.24) is 15.2 Å². The van der Waals surface area contributed by atoms with E-state index in [0.29, 0.717) is 49.2 Å². The first-order chi connectivity index (χ1) is 17.4. The fourth-order valence-corrected chi connectivity index (χ4v) is 5.72. The van der Waals surface area contributed by atoms with Crippen LogP contribution in [0.2, 0.25) is 0 Å². The molecule has 5 N–H and O–H groups in total. The summed E-state index contributed by atoms with van der Waals surface area (Å²) in [5.41, 5.74) is 6.91. The summed E-state index contributed by atoms with van der Waals surface area (Å²) in [7, 11) is 0. The number of aromatic nitrogens is 1. The van der Waals surface area contributed by atoms with Crippen LogP contribution in [0.15, 0.2) is 24.2 Å². The average Bonchev–Trinajstić information content (AvgIpc) is 3.46. The van der Waals surface area contributed by atoms with Gasteiger partial charge < -0.3 is 36.1 Å². The van der Waals surface area contributed by atoms with Crippen LogP contribution < -0.4 is 21.7 Å². The topological polar surface area (TPSA) is 148 Å². The number of anilines is 2. The molecule has 3 amide bonds. The van der Waals surface area contributed by atoms with Crippen LogP contribution in [0, 0.1) is 11.8 Å². The van der Waals surface area contributed by atoms with Crippen LogP contribution in [0.3, 0.4) is 0 Å². The van der Waals surface area contributed by atoms with E-state index in [-0.39, 0.29) is 31.1 Å². The minimum absolute atomic E-state index is 0.000892. The number of ether oxygens (including phenoxy) is 2. The van der Waals surface area contributed by atoms with Gasteiger partial charge in [0.05, 0.1) is 17.8 Å². The highest BCUT2D eigenvalue weighted by molar-refractivity contribution is 6.07. The summed E-state index contributed by atoms with van der Waals surface area (Å²) in [4.78, 5) is 45.4. The molecule has 11 nitrogen and oxygen atoms in total. The molecule has 2 fully saturated rings. The van der Waals surface area contributed by atoms with Gasteiger partial charge in [-0.1, -0.05) is 19.8 Å². The largest absolute Gasteiger partial charge is 0.478 e. The summed E-state index contributed by atoms with van der Waals surface area (Å²) in [5.74, 6) is 0.145. The lowest BCUT2D eigenvalue weighted by atomic mass is 9.76. The van der Waals surface area contributed by atoms with E-state index < -0.39 is 17.4 Å². The maximum absolute atomic E-state index is 13.5. The van der Waals surface area contributed by atoms with Crippen LogP contribution in [0.25, 0.3) is 0 Å². The number of nitrogens with two attached hydrogens (primary N) is 1. The molecule has 0 unspecified atom stereocenters. The predicted molar refractivity (Wildman–Crippen MR) is 131 cm³/mol. The minimum Gasteiger partial charge on any atom is -0.478 e. The molecule has 0 aromatic carbocycles. The second-order valence-electron chi connectivity index (χ2n) is 10.2. The second-order valence-corrected chi connectivity index (χ2v) is 10.2. The quantitative estimate of drug-likeness (QED) is 0.460. The van der Waals surface area contributed by atoms with Crippen LogP contribution in [0.5, 0.6) is 0 Å². The van der Waals surface area contributed by atoms with Crippen LogP contribution >= 0.6 is 0 Å². The molecule has 0 bridgehead atoms. The fourth-order valence-electron chi connectivity index (χ4n) is 5.72. The Morgan fingerprint density at radius 3 is 2.75 bits per heavy atom. The highest BCUT2D eigenvalue weighted by Crippen LogP contribution is 2.44. The molecule has 36 heavy (non-hydrogen) atoms. The summed E-state index contributed by atoms with van der Waals surface area (Å²) in [5, 5.41) is 8.76. The first-order valence-electron chi connectivity index (χ1n) is 12.7. The maximum Gasteiger partial charge on any atom is 0.271 e. The van der Waals surface area contributed by atoms with Crippen molar-refractivity contribution in [2.75, 3.05) is 37.2 Å². The Balaban J connectivity index is 1.33. The predicted octanol–water partition coefficient (Wildman–Crippen LogP) is 1.38. The number of carbonyl (C=O) groups excluding carboxylic acids is 3. The van der Waals surface area contributed by atoms with Gasteiger partial charge in [0.15, 0.2) is 6.73 Å². The van der Waals surface area contributed by atoms with Gasteiger partial charge >= 0.3 is 0 Å². The van der Waals surface area contributed by atoms with E-state index >= 15 is 0 Å². The molecule has 1 spiro atoms. The van der Waals surface area contributed by atoms with Crippen molar-refractivity contribution in [3.63, 3.8) is 0 Å². The third kappa shape index (κ3) is 4.53. The van der Waals surface area contributed by atoms with Crippen LogP contribution in [-0.4, -0.2) is 60.3 Å². The van der Waals surface area contributed by atoms with Gasteiger partial charge in [-0.3, -0.25) is 14.4 Å². The zero-order valence-electron chi connectivity index (χ0n) is 20.5. The van der Waals surface area contributed by atoms with E-state index in [4.69, 9.17) is 15.2 Å². The van der Waals surface area contributed by atoms with Gasteiger partial charge in [0, 0.05) is 31.0 Å². The third-order valence-electron chi connectivity index (χ3n) is 8.02. The first kappa shape index (κ1) is 24.5. The van der Waals surface area contributed by atoms with Crippen molar-refractivity contribution in [3.05, 3.63) is 29.8 Å². The van der Waals surface area contributed by atoms with Gasteiger partial charge in [-0.25, -0.2) is 4.98 Å². The zero-order chi connectivity index (χ0) is 25.3. The number of hydrogen-bond acceptors (Lipinski definition) is 8. The summed E-state index contributed by atoms with van der Waals surface area (Å²) in [6.07, 6.45) is 7.93. The SMILES string of the molecule is CC1CCC([C@H](NC(=O)C2=COCN2CN)C(=O)Nc2cc3c(cn2)C2(CCOCC2)C(=O)N3)CC1. The smallest absolute Gasteiger partial charge is 0.271 e. The van der Waals surface area contributed by atoms with Crippen LogP contribution in [0.1, 0.15) is 51.0 Å². The van der Waals surface area contributed by atoms with E-state index in [1.54, 1.807) is 17.2 Å². The number of amides is 3. The van der Waals surface area contributed by atoms with Crippen molar-refractivity contribution in [3.8, 4) is 0 Å². The summed E-state index contributed by atoms with van der Waals surface area (Å²) >= 11 is 0. The Kier molecular flexibility index (Phi) is 6.85. The molecule has 1 aromatic heterocycles. The lowest BCUT2D eigenvalue weighted by molar-refractivity contribution is -0.126. The van der Waals surface area contributed by atoms with Crippen molar-refractivity contribution in [2.45, 2.75) is 56.9 Å². The Bertz CT molecular complexity index is 1060. The number of hydrogen-bond donors (Lipinski definition) is 4. The van der Waals surface area contributed by atoms with Gasteiger partial charge in [0.2, 0.25) is 11.8 Å². The van der Waals surface area contributed by atoms with Gasteiger partial charge in [0.25, 0.3) is 5.91 Å². The van der Waals surface area contributed by atoms with Crippen molar-refractivity contribution >= 4 is 29.2 Å². The van der Waals surface area contributed by atoms with Gasteiger partial charge in [-0.05, 0) is 37.5 Å². The molecule has 1 saturated carbocycles. The number of rotatable bonds is 6. The Labute approximate surface area is 210 Å².